The summed E-state index contributed by atoms with van der Waals surface area (Å²) in [5, 5.41) is 13.5. The highest BCUT2D eigenvalue weighted by molar-refractivity contribution is 14.1. The van der Waals surface area contributed by atoms with Crippen LogP contribution in [0.5, 0.6) is 0 Å². The van der Waals surface area contributed by atoms with Crippen molar-refractivity contribution in [1.29, 1.82) is 0 Å². The fraction of sp³-hybridized carbons (Fsp3) is 0.300. The van der Waals surface area contributed by atoms with Crippen LogP contribution >= 0.6 is 38.5 Å². The molecule has 0 bridgehead atoms. The van der Waals surface area contributed by atoms with Gasteiger partial charge in [-0.15, -0.1) is 0 Å². The molecule has 6 nitrogen and oxygen atoms in total. The first-order valence-corrected chi connectivity index (χ1v) is 7.18. The van der Waals surface area contributed by atoms with Gasteiger partial charge in [-0.3, -0.25) is 14.6 Å². The van der Waals surface area contributed by atoms with Gasteiger partial charge in [0.15, 0.2) is 0 Å². The second-order valence-electron chi connectivity index (χ2n) is 3.53. The molecule has 2 aromatic rings. The van der Waals surface area contributed by atoms with Crippen LogP contribution in [0.2, 0.25) is 0 Å². The molecule has 0 aromatic carbocycles. The summed E-state index contributed by atoms with van der Waals surface area (Å²) in [5.41, 5.74) is 1.43. The van der Waals surface area contributed by atoms with Crippen LogP contribution in [-0.4, -0.2) is 25.9 Å². The van der Waals surface area contributed by atoms with Gasteiger partial charge in [-0.25, -0.2) is 0 Å². The van der Waals surface area contributed by atoms with Gasteiger partial charge in [0.05, 0.1) is 32.7 Å². The summed E-state index contributed by atoms with van der Waals surface area (Å²) in [7, 11) is 0. The molecule has 2 rings (SSSR count). The lowest BCUT2D eigenvalue weighted by molar-refractivity contribution is 0.0944. The van der Waals surface area contributed by atoms with Crippen LogP contribution in [0.1, 0.15) is 23.1 Å². The number of hydrogen-bond acceptors (Lipinski definition) is 3. The van der Waals surface area contributed by atoms with Crippen LogP contribution in [0.15, 0.2) is 16.9 Å². The molecule has 8 heteroatoms. The van der Waals surface area contributed by atoms with Crippen LogP contribution in [0.3, 0.4) is 0 Å². The molecule has 2 N–H and O–H groups in total. The summed E-state index contributed by atoms with van der Waals surface area (Å²) in [6.07, 6.45) is 3.34. The van der Waals surface area contributed by atoms with E-state index in [1.54, 1.807) is 12.4 Å². The maximum Gasteiger partial charge on any atom is 0.270 e. The Balaban J connectivity index is 2.06. The maximum atomic E-state index is 11.9. The maximum absolute atomic E-state index is 11.9. The standard InChI is InChI=1S/C10H11BrIN5O/c1-2-17-8(6(11)3-15-17)5-13-10(18)9-7(12)4-14-16-9/h3-4H,2,5H2,1H3,(H,13,18)(H,14,16). The Kier molecular flexibility index (Phi) is 4.38. The lowest BCUT2D eigenvalue weighted by atomic mass is 10.3. The number of rotatable bonds is 4. The predicted molar refractivity (Wildman–Crippen MR) is 78.1 cm³/mol. The molecule has 0 radical (unpaired) electrons. The molecule has 0 aliphatic carbocycles. The molecular formula is C10H11BrIN5O. The van der Waals surface area contributed by atoms with Crippen molar-refractivity contribution in [3.63, 3.8) is 0 Å². The van der Waals surface area contributed by atoms with Crippen molar-refractivity contribution in [1.82, 2.24) is 25.3 Å². The summed E-state index contributed by atoms with van der Waals surface area (Å²) >= 11 is 5.48. The Labute approximate surface area is 126 Å². The Morgan fingerprint density at radius 3 is 3.00 bits per heavy atom. The molecule has 0 fully saturated rings. The van der Waals surface area contributed by atoms with E-state index in [4.69, 9.17) is 0 Å². The van der Waals surface area contributed by atoms with E-state index in [-0.39, 0.29) is 5.91 Å². The molecule has 0 unspecified atom stereocenters. The van der Waals surface area contributed by atoms with E-state index in [0.29, 0.717) is 12.2 Å². The van der Waals surface area contributed by atoms with E-state index in [1.165, 1.54) is 0 Å². The van der Waals surface area contributed by atoms with E-state index in [1.807, 2.05) is 11.6 Å². The number of carbonyl (C=O) groups excluding carboxylic acids is 1. The zero-order chi connectivity index (χ0) is 13.1. The van der Waals surface area contributed by atoms with Gasteiger partial charge < -0.3 is 5.32 Å². The second-order valence-corrected chi connectivity index (χ2v) is 5.55. The van der Waals surface area contributed by atoms with Gasteiger partial charge in [0, 0.05) is 6.54 Å². The molecule has 0 saturated carbocycles. The first-order chi connectivity index (χ1) is 8.63. The third-order valence-electron chi connectivity index (χ3n) is 2.43. The smallest absolute Gasteiger partial charge is 0.270 e. The van der Waals surface area contributed by atoms with Gasteiger partial charge in [0.2, 0.25) is 0 Å². The number of aromatic nitrogens is 4. The number of H-pyrrole nitrogens is 1. The second kappa shape index (κ2) is 5.83. The fourth-order valence-corrected chi connectivity index (χ4v) is 2.46. The zero-order valence-electron chi connectivity index (χ0n) is 9.57. The average Bonchev–Trinajstić information content (AvgIpc) is 2.92. The molecule has 18 heavy (non-hydrogen) atoms. The molecule has 2 aromatic heterocycles. The van der Waals surface area contributed by atoms with Crippen molar-refractivity contribution in [2.45, 2.75) is 20.0 Å². The fourth-order valence-electron chi connectivity index (χ4n) is 1.52. The summed E-state index contributed by atoms with van der Waals surface area (Å²) in [6, 6.07) is 0. The Morgan fingerprint density at radius 1 is 1.61 bits per heavy atom. The van der Waals surface area contributed by atoms with Gasteiger partial charge in [-0.05, 0) is 45.4 Å². The van der Waals surface area contributed by atoms with Crippen LogP contribution in [-0.2, 0) is 13.1 Å². The molecule has 0 saturated heterocycles. The summed E-state index contributed by atoms with van der Waals surface area (Å²) in [5.74, 6) is -0.173. The van der Waals surface area contributed by atoms with Crippen LogP contribution in [0, 0.1) is 3.57 Å². The highest BCUT2D eigenvalue weighted by atomic mass is 127. The monoisotopic (exact) mass is 423 g/mol. The third-order valence-corrected chi connectivity index (χ3v) is 3.91. The number of aromatic amines is 1. The van der Waals surface area contributed by atoms with Gasteiger partial charge >= 0.3 is 0 Å². The minimum absolute atomic E-state index is 0.173. The van der Waals surface area contributed by atoms with Gasteiger partial charge in [0.1, 0.15) is 5.69 Å². The van der Waals surface area contributed by atoms with E-state index in [0.717, 1.165) is 20.3 Å². The molecule has 2 heterocycles. The quantitative estimate of drug-likeness (QED) is 0.737. The van der Waals surface area contributed by atoms with Crippen LogP contribution < -0.4 is 5.32 Å². The Morgan fingerprint density at radius 2 is 2.39 bits per heavy atom. The lowest BCUT2D eigenvalue weighted by Gasteiger charge is -2.07. The van der Waals surface area contributed by atoms with E-state index in [2.05, 4.69) is 59.1 Å². The molecule has 0 aliphatic heterocycles. The molecule has 96 valence electrons. The first-order valence-electron chi connectivity index (χ1n) is 5.30. The van der Waals surface area contributed by atoms with Crippen molar-refractivity contribution >= 4 is 44.4 Å². The molecule has 0 atom stereocenters. The normalized spacial score (nSPS) is 10.6. The van der Waals surface area contributed by atoms with Crippen LogP contribution in [0.4, 0.5) is 0 Å². The number of aryl methyl sites for hydroxylation is 1. The molecular weight excluding hydrogens is 413 g/mol. The van der Waals surface area contributed by atoms with Gasteiger partial charge in [-0.2, -0.15) is 10.2 Å². The first kappa shape index (κ1) is 13.5. The largest absolute Gasteiger partial charge is 0.345 e. The summed E-state index contributed by atoms with van der Waals surface area (Å²) in [4.78, 5) is 11.9. The van der Waals surface area contributed by atoms with E-state index >= 15 is 0 Å². The van der Waals surface area contributed by atoms with E-state index in [9.17, 15) is 4.79 Å². The zero-order valence-corrected chi connectivity index (χ0v) is 13.3. The highest BCUT2D eigenvalue weighted by Gasteiger charge is 2.14. The molecule has 0 spiro atoms. The highest BCUT2D eigenvalue weighted by Crippen LogP contribution is 2.16. The number of amides is 1. The molecule has 0 aliphatic rings. The van der Waals surface area contributed by atoms with Gasteiger partial charge in [-0.1, -0.05) is 0 Å². The minimum Gasteiger partial charge on any atom is -0.345 e. The van der Waals surface area contributed by atoms with E-state index < -0.39 is 0 Å². The number of halogens is 2. The Bertz CT molecular complexity index is 564. The van der Waals surface area contributed by atoms with Crippen molar-refractivity contribution in [3.8, 4) is 0 Å². The minimum atomic E-state index is -0.173. The van der Waals surface area contributed by atoms with Crippen LogP contribution in [0.25, 0.3) is 0 Å². The van der Waals surface area contributed by atoms with Crippen molar-refractivity contribution < 1.29 is 4.79 Å². The number of carbonyl (C=O) groups is 1. The SMILES string of the molecule is CCn1ncc(Br)c1CNC(=O)c1[nH]ncc1I. The third kappa shape index (κ3) is 2.74. The Hall–Kier alpha value is -0.900. The number of nitrogens with one attached hydrogen (secondary N) is 2. The summed E-state index contributed by atoms with van der Waals surface area (Å²) < 4.78 is 3.53. The predicted octanol–water partition coefficient (Wildman–Crippen LogP) is 1.92. The number of hydrogen-bond donors (Lipinski definition) is 2. The average molecular weight is 424 g/mol. The molecule has 1 amide bonds. The van der Waals surface area contributed by atoms with Crippen molar-refractivity contribution in [3.05, 3.63) is 31.8 Å². The van der Waals surface area contributed by atoms with Gasteiger partial charge in [0.25, 0.3) is 5.91 Å². The number of nitrogens with zero attached hydrogens (tertiary/aromatic N) is 3. The summed E-state index contributed by atoms with van der Waals surface area (Å²) in [6.45, 7) is 3.18. The topological polar surface area (TPSA) is 75.6 Å². The van der Waals surface area contributed by atoms with Crippen molar-refractivity contribution in [2.24, 2.45) is 0 Å². The lowest BCUT2D eigenvalue weighted by Crippen LogP contribution is -2.25. The van der Waals surface area contributed by atoms with Crippen molar-refractivity contribution in [2.75, 3.05) is 0 Å².